The number of carbonyl (C=O) groups is 1. The van der Waals surface area contributed by atoms with Crippen LogP contribution in [0.1, 0.15) is 12.0 Å². The van der Waals surface area contributed by atoms with Crippen molar-refractivity contribution in [1.29, 1.82) is 0 Å². The first kappa shape index (κ1) is 17.6. The molecule has 2 aromatic rings. The summed E-state index contributed by atoms with van der Waals surface area (Å²) in [4.78, 5) is 16.7. The van der Waals surface area contributed by atoms with E-state index in [2.05, 4.69) is 72.4 Å². The average molecular weight is 338 g/mol. The molecule has 1 saturated heterocycles. The number of ether oxygens (including phenoxy) is 1. The van der Waals surface area contributed by atoms with Crippen LogP contribution in [0.25, 0.3) is 11.1 Å². The van der Waals surface area contributed by atoms with Crippen LogP contribution in [0.3, 0.4) is 0 Å². The van der Waals surface area contributed by atoms with Crippen molar-refractivity contribution >= 4 is 5.97 Å². The molecule has 1 aliphatic rings. The number of hydrogen-bond donors (Lipinski definition) is 0. The Morgan fingerprint density at radius 1 is 1.12 bits per heavy atom. The van der Waals surface area contributed by atoms with Gasteiger partial charge in [0.1, 0.15) is 6.04 Å². The van der Waals surface area contributed by atoms with Gasteiger partial charge in [0, 0.05) is 19.1 Å². The molecule has 3 rings (SSSR count). The number of esters is 1. The Morgan fingerprint density at radius 3 is 2.48 bits per heavy atom. The molecule has 0 aromatic heterocycles. The maximum absolute atomic E-state index is 12.3. The van der Waals surface area contributed by atoms with Crippen molar-refractivity contribution in [3.8, 4) is 11.1 Å². The Morgan fingerprint density at radius 2 is 1.80 bits per heavy atom. The van der Waals surface area contributed by atoms with Crippen LogP contribution in [0.4, 0.5) is 0 Å². The molecule has 0 radical (unpaired) electrons. The molecule has 0 saturated carbocycles. The fourth-order valence-corrected chi connectivity index (χ4v) is 3.59. The number of carbonyl (C=O) groups excluding carboxylic acids is 1. The molecule has 4 heteroatoms. The summed E-state index contributed by atoms with van der Waals surface area (Å²) in [6, 6.07) is 19.0. The second-order valence-corrected chi connectivity index (χ2v) is 6.84. The van der Waals surface area contributed by atoms with Crippen LogP contribution in [0.2, 0.25) is 0 Å². The largest absolute Gasteiger partial charge is 0.468 e. The fourth-order valence-electron chi connectivity index (χ4n) is 3.59. The fraction of sp³-hybridized carbons (Fsp3) is 0.381. The van der Waals surface area contributed by atoms with E-state index in [0.29, 0.717) is 6.04 Å². The predicted molar refractivity (Wildman–Crippen MR) is 100 cm³/mol. The van der Waals surface area contributed by atoms with Gasteiger partial charge in [-0.05, 0) is 37.2 Å². The number of nitrogens with zero attached hydrogens (tertiary/aromatic N) is 2. The summed E-state index contributed by atoms with van der Waals surface area (Å²) in [5.41, 5.74) is 3.66. The van der Waals surface area contributed by atoms with Crippen molar-refractivity contribution in [1.82, 2.24) is 9.80 Å². The molecule has 25 heavy (non-hydrogen) atoms. The SMILES string of the molecule is COC(=O)[C@@H]1C[C@@H](N(C)C)CN1Cc1ccccc1-c1ccccc1. The molecule has 4 nitrogen and oxygen atoms in total. The first-order valence-electron chi connectivity index (χ1n) is 8.71. The lowest BCUT2D eigenvalue weighted by molar-refractivity contribution is -0.146. The van der Waals surface area contributed by atoms with E-state index >= 15 is 0 Å². The molecule has 1 aliphatic heterocycles. The van der Waals surface area contributed by atoms with Crippen molar-refractivity contribution < 1.29 is 9.53 Å². The van der Waals surface area contributed by atoms with Crippen LogP contribution < -0.4 is 0 Å². The minimum atomic E-state index is -0.179. The van der Waals surface area contributed by atoms with Crippen LogP contribution in [0, 0.1) is 0 Å². The molecule has 0 unspecified atom stereocenters. The van der Waals surface area contributed by atoms with Crippen molar-refractivity contribution in [2.75, 3.05) is 27.7 Å². The summed E-state index contributed by atoms with van der Waals surface area (Å²) >= 11 is 0. The van der Waals surface area contributed by atoms with E-state index in [9.17, 15) is 4.79 Å². The lowest BCUT2D eigenvalue weighted by Gasteiger charge is -2.24. The lowest BCUT2D eigenvalue weighted by atomic mass is 9.99. The maximum atomic E-state index is 12.3. The van der Waals surface area contributed by atoms with Gasteiger partial charge in [0.2, 0.25) is 0 Å². The van der Waals surface area contributed by atoms with Crippen LogP contribution in [-0.2, 0) is 16.1 Å². The van der Waals surface area contributed by atoms with Crippen LogP contribution >= 0.6 is 0 Å². The third-order valence-corrected chi connectivity index (χ3v) is 5.06. The Hall–Kier alpha value is -2.17. The highest BCUT2D eigenvalue weighted by atomic mass is 16.5. The minimum absolute atomic E-state index is 0.137. The minimum Gasteiger partial charge on any atom is -0.468 e. The van der Waals surface area contributed by atoms with Crippen molar-refractivity contribution in [3.05, 3.63) is 60.2 Å². The van der Waals surface area contributed by atoms with Crippen molar-refractivity contribution in [3.63, 3.8) is 0 Å². The topological polar surface area (TPSA) is 32.8 Å². The number of likely N-dealkylation sites (tertiary alicyclic amines) is 1. The molecule has 0 bridgehead atoms. The summed E-state index contributed by atoms with van der Waals surface area (Å²) in [5.74, 6) is -0.137. The molecule has 0 N–H and O–H groups in total. The summed E-state index contributed by atoms with van der Waals surface area (Å²) < 4.78 is 5.05. The first-order chi connectivity index (χ1) is 12.1. The molecule has 132 valence electrons. The summed E-state index contributed by atoms with van der Waals surface area (Å²) in [6.07, 6.45) is 0.813. The third-order valence-electron chi connectivity index (χ3n) is 5.06. The van der Waals surface area contributed by atoms with Gasteiger partial charge >= 0.3 is 5.97 Å². The van der Waals surface area contributed by atoms with Gasteiger partial charge in [0.25, 0.3) is 0 Å². The van der Waals surface area contributed by atoms with E-state index in [1.807, 2.05) is 6.07 Å². The van der Waals surface area contributed by atoms with E-state index in [1.54, 1.807) is 0 Å². The summed E-state index contributed by atoms with van der Waals surface area (Å²) in [5, 5.41) is 0. The normalized spacial score (nSPS) is 20.8. The van der Waals surface area contributed by atoms with E-state index in [4.69, 9.17) is 4.74 Å². The number of hydrogen-bond acceptors (Lipinski definition) is 4. The van der Waals surface area contributed by atoms with E-state index < -0.39 is 0 Å². The van der Waals surface area contributed by atoms with Crippen molar-refractivity contribution in [2.45, 2.75) is 25.0 Å². The maximum Gasteiger partial charge on any atom is 0.323 e. The second kappa shape index (κ2) is 7.81. The molecule has 0 amide bonds. The van der Waals surface area contributed by atoms with Gasteiger partial charge in [-0.3, -0.25) is 9.69 Å². The van der Waals surface area contributed by atoms with E-state index in [0.717, 1.165) is 19.5 Å². The van der Waals surface area contributed by atoms with Crippen LogP contribution in [0.15, 0.2) is 54.6 Å². The smallest absolute Gasteiger partial charge is 0.323 e. The monoisotopic (exact) mass is 338 g/mol. The molecule has 1 fully saturated rings. The van der Waals surface area contributed by atoms with Crippen LogP contribution in [-0.4, -0.2) is 55.6 Å². The van der Waals surface area contributed by atoms with Crippen molar-refractivity contribution in [2.24, 2.45) is 0 Å². The molecule has 2 atom stereocenters. The lowest BCUT2D eigenvalue weighted by Crippen LogP contribution is -2.36. The van der Waals surface area contributed by atoms with E-state index in [-0.39, 0.29) is 12.0 Å². The second-order valence-electron chi connectivity index (χ2n) is 6.84. The Kier molecular flexibility index (Phi) is 5.51. The van der Waals surface area contributed by atoms with Gasteiger partial charge in [0.05, 0.1) is 7.11 Å². The summed E-state index contributed by atoms with van der Waals surface area (Å²) in [6.45, 7) is 1.62. The Balaban J connectivity index is 1.87. The number of likely N-dealkylation sites (N-methyl/N-ethyl adjacent to an activating group) is 1. The third kappa shape index (κ3) is 3.91. The number of methoxy groups -OCH3 is 1. The van der Waals surface area contributed by atoms with Gasteiger partial charge in [0.15, 0.2) is 0 Å². The highest BCUT2D eigenvalue weighted by Gasteiger charge is 2.38. The van der Waals surface area contributed by atoms with Gasteiger partial charge in [-0.25, -0.2) is 0 Å². The molecular weight excluding hydrogens is 312 g/mol. The quantitative estimate of drug-likeness (QED) is 0.785. The molecule has 1 heterocycles. The highest BCUT2D eigenvalue weighted by Crippen LogP contribution is 2.29. The number of rotatable bonds is 5. The zero-order valence-electron chi connectivity index (χ0n) is 15.2. The molecule has 2 aromatic carbocycles. The number of benzene rings is 2. The Bertz CT molecular complexity index is 715. The van der Waals surface area contributed by atoms with E-state index in [1.165, 1.54) is 23.8 Å². The van der Waals surface area contributed by atoms with Gasteiger partial charge in [-0.2, -0.15) is 0 Å². The first-order valence-corrected chi connectivity index (χ1v) is 8.71. The van der Waals surface area contributed by atoms with Gasteiger partial charge in [-0.15, -0.1) is 0 Å². The zero-order valence-corrected chi connectivity index (χ0v) is 15.2. The molecule has 0 spiro atoms. The molecule has 0 aliphatic carbocycles. The van der Waals surface area contributed by atoms with Gasteiger partial charge in [-0.1, -0.05) is 54.6 Å². The predicted octanol–water partition coefficient (Wildman–Crippen LogP) is 3.03. The highest BCUT2D eigenvalue weighted by molar-refractivity contribution is 5.76. The molecular formula is C21H26N2O2. The average Bonchev–Trinajstić information content (AvgIpc) is 3.06. The zero-order chi connectivity index (χ0) is 17.8. The standard InChI is InChI=1S/C21H26N2O2/c1-22(2)18-13-20(21(24)25-3)23(15-18)14-17-11-7-8-12-19(17)16-9-5-4-6-10-16/h4-12,18,20H,13-15H2,1-3H3/t18-,20+/m1/s1. The van der Waals surface area contributed by atoms with Crippen LogP contribution in [0.5, 0.6) is 0 Å². The Labute approximate surface area is 150 Å². The summed E-state index contributed by atoms with van der Waals surface area (Å²) in [7, 11) is 5.61. The van der Waals surface area contributed by atoms with Gasteiger partial charge < -0.3 is 9.64 Å².